The highest BCUT2D eigenvalue weighted by Crippen LogP contribution is 2.54. The van der Waals surface area contributed by atoms with Crippen molar-refractivity contribution in [2.75, 3.05) is 0 Å². The molecule has 0 fully saturated rings. The fourth-order valence-electron chi connectivity index (χ4n) is 7.77. The van der Waals surface area contributed by atoms with Crippen molar-refractivity contribution in [2.45, 2.75) is 32.1 Å². The molecule has 0 saturated heterocycles. The zero-order chi connectivity index (χ0) is 31.6. The first-order valence-corrected chi connectivity index (χ1v) is 14.4. The third-order valence-electron chi connectivity index (χ3n) is 9.60. The molecule has 0 amide bonds. The second kappa shape index (κ2) is 8.18. The number of rotatable bonds is 2. The minimum atomic E-state index is -0.382. The van der Waals surface area contributed by atoms with Gasteiger partial charge in [0.05, 0.1) is 6.85 Å². The Labute approximate surface area is 247 Å². The summed E-state index contributed by atoms with van der Waals surface area (Å²) in [6.45, 7) is 4.69. The molecule has 0 radical (unpaired) electrons. The summed E-state index contributed by atoms with van der Waals surface area (Å²) >= 11 is 0. The lowest BCUT2D eigenvalue weighted by atomic mass is 9.80. The molecule has 0 nitrogen and oxygen atoms in total. The van der Waals surface area contributed by atoms with E-state index in [1.54, 1.807) is 0 Å². The standard InChI is InChI=1S/C41H30/c1-41(2)35-23-28(21-22-33(35)40-34-18-10-13-26-19-20-27(37(26)34)24-36(40)41)39-31-16-8-6-14-29(31)38(25-11-4-3-5-12-25)30-15-7-9-17-32(30)39/h3-18,21-24H,19-20H2,1-2H3/i3D,4D,5D,11D,12D. The van der Waals surface area contributed by atoms with Gasteiger partial charge in [-0.2, -0.15) is 0 Å². The molecule has 0 saturated carbocycles. The first-order valence-electron chi connectivity index (χ1n) is 16.9. The van der Waals surface area contributed by atoms with Gasteiger partial charge in [0.1, 0.15) is 0 Å². The maximum atomic E-state index is 8.85. The maximum absolute atomic E-state index is 8.85. The fraction of sp³-hybridized carbons (Fsp3) is 0.122. The summed E-state index contributed by atoms with van der Waals surface area (Å²) in [5, 5.41) is 6.51. The lowest BCUT2D eigenvalue weighted by Gasteiger charge is -2.23. The summed E-state index contributed by atoms with van der Waals surface area (Å²) in [7, 11) is 0. The summed E-state index contributed by atoms with van der Waals surface area (Å²) < 4.78 is 42.7. The Balaban J connectivity index is 1.35. The van der Waals surface area contributed by atoms with Crippen molar-refractivity contribution in [1.82, 2.24) is 0 Å². The molecule has 0 spiro atoms. The Bertz CT molecular complexity index is 2420. The summed E-state index contributed by atoms with van der Waals surface area (Å²) in [4.78, 5) is 0. The molecule has 0 unspecified atom stereocenters. The number of benzene rings is 7. The SMILES string of the molecule is [2H]c1c([2H])c([2H])c(-c2c3ccccc3c(-c3ccc4c(c3)C(C)(C)c3cc5c6c(cccc6c3-4)CC5)c3ccccc23)c([2H])c1[2H]. The normalized spacial score (nSPS) is 16.3. The predicted molar refractivity (Wildman–Crippen MR) is 175 cm³/mol. The monoisotopic (exact) mass is 527 g/mol. The molecule has 0 N–H and O–H groups in total. The van der Waals surface area contributed by atoms with Gasteiger partial charge in [-0.25, -0.2) is 0 Å². The number of hydrogen-bond acceptors (Lipinski definition) is 0. The Hall–Kier alpha value is -4.68. The highest BCUT2D eigenvalue weighted by Gasteiger charge is 2.38. The third kappa shape index (κ3) is 3.05. The number of hydrogen-bond donors (Lipinski definition) is 0. The van der Waals surface area contributed by atoms with E-state index >= 15 is 0 Å². The molecule has 2 aliphatic rings. The fourth-order valence-corrected chi connectivity index (χ4v) is 7.77. The van der Waals surface area contributed by atoms with E-state index in [4.69, 9.17) is 6.85 Å². The van der Waals surface area contributed by atoms with Crippen molar-refractivity contribution in [3.63, 3.8) is 0 Å². The molecular weight excluding hydrogens is 492 g/mol. The second-order valence-corrected chi connectivity index (χ2v) is 12.0. The molecule has 0 aromatic heterocycles. The van der Waals surface area contributed by atoms with Crippen molar-refractivity contribution in [1.29, 1.82) is 0 Å². The molecule has 7 aromatic carbocycles. The molecule has 0 atom stereocenters. The van der Waals surface area contributed by atoms with Crippen LogP contribution in [0.25, 0.3) is 65.7 Å². The molecule has 0 aliphatic heterocycles. The highest BCUT2D eigenvalue weighted by molar-refractivity contribution is 6.21. The zero-order valence-electron chi connectivity index (χ0n) is 28.1. The molecule has 0 heterocycles. The van der Waals surface area contributed by atoms with E-state index in [0.717, 1.165) is 45.5 Å². The Kier molecular flexibility index (Phi) is 3.72. The van der Waals surface area contributed by atoms with Crippen LogP contribution in [-0.4, -0.2) is 0 Å². The minimum Gasteiger partial charge on any atom is -0.0622 e. The van der Waals surface area contributed by atoms with E-state index in [-0.39, 0.29) is 41.2 Å². The van der Waals surface area contributed by atoms with Crippen molar-refractivity contribution < 1.29 is 6.85 Å². The molecule has 2 aliphatic carbocycles. The van der Waals surface area contributed by atoms with E-state index in [0.29, 0.717) is 5.56 Å². The van der Waals surface area contributed by atoms with Crippen LogP contribution in [0.3, 0.4) is 0 Å². The van der Waals surface area contributed by atoms with Crippen molar-refractivity contribution in [2.24, 2.45) is 0 Å². The molecule has 0 heteroatoms. The van der Waals surface area contributed by atoms with Crippen LogP contribution >= 0.6 is 0 Å². The number of fused-ring (bicyclic) bond motifs is 6. The zero-order valence-corrected chi connectivity index (χ0v) is 23.1. The van der Waals surface area contributed by atoms with Crippen LogP contribution in [-0.2, 0) is 18.3 Å². The number of aryl methyl sites for hydroxylation is 2. The summed E-state index contributed by atoms with van der Waals surface area (Å²) in [6, 6.07) is 30.9. The first-order chi connectivity index (χ1) is 22.2. The molecule has 9 rings (SSSR count). The minimum absolute atomic E-state index is 0.178. The van der Waals surface area contributed by atoms with E-state index in [9.17, 15) is 0 Å². The average Bonchev–Trinajstić information content (AvgIpc) is 3.59. The van der Waals surface area contributed by atoms with Gasteiger partial charge < -0.3 is 0 Å². The van der Waals surface area contributed by atoms with Crippen LogP contribution in [0.1, 0.15) is 43.0 Å². The van der Waals surface area contributed by atoms with Crippen molar-refractivity contribution in [3.05, 3.63) is 143 Å². The van der Waals surface area contributed by atoms with Gasteiger partial charge >= 0.3 is 0 Å². The lowest BCUT2D eigenvalue weighted by Crippen LogP contribution is -2.15. The molecule has 194 valence electrons. The summed E-state index contributed by atoms with van der Waals surface area (Å²) in [5.41, 5.74) is 11.2. The van der Waals surface area contributed by atoms with Crippen molar-refractivity contribution >= 4 is 32.3 Å². The van der Waals surface area contributed by atoms with Crippen LogP contribution < -0.4 is 0 Å². The quantitative estimate of drug-likeness (QED) is 0.196. The Morgan fingerprint density at radius 1 is 0.537 bits per heavy atom. The van der Waals surface area contributed by atoms with Crippen LogP contribution in [0, 0.1) is 0 Å². The van der Waals surface area contributed by atoms with E-state index < -0.39 is 0 Å². The molecule has 41 heavy (non-hydrogen) atoms. The van der Waals surface area contributed by atoms with Crippen LogP contribution in [0.4, 0.5) is 0 Å². The molecule has 0 bridgehead atoms. The van der Waals surface area contributed by atoms with Crippen molar-refractivity contribution in [3.8, 4) is 33.4 Å². The third-order valence-corrected chi connectivity index (χ3v) is 9.60. The van der Waals surface area contributed by atoms with Gasteiger partial charge in [-0.1, -0.05) is 129 Å². The predicted octanol–water partition coefficient (Wildman–Crippen LogP) is 10.9. The topological polar surface area (TPSA) is 0 Å². The smallest absolute Gasteiger partial charge is 0.0622 e. The van der Waals surface area contributed by atoms with Gasteiger partial charge in [0.25, 0.3) is 0 Å². The molecule has 7 aromatic rings. The summed E-state index contributed by atoms with van der Waals surface area (Å²) in [5.74, 6) is 0. The van der Waals surface area contributed by atoms with Crippen LogP contribution in [0.5, 0.6) is 0 Å². The van der Waals surface area contributed by atoms with Gasteiger partial charge in [-0.3, -0.25) is 0 Å². The van der Waals surface area contributed by atoms with Gasteiger partial charge in [-0.15, -0.1) is 0 Å². The van der Waals surface area contributed by atoms with Crippen LogP contribution in [0.2, 0.25) is 0 Å². The van der Waals surface area contributed by atoms with E-state index in [2.05, 4.69) is 68.4 Å². The van der Waals surface area contributed by atoms with Gasteiger partial charge in [0.2, 0.25) is 0 Å². The summed E-state index contributed by atoms with van der Waals surface area (Å²) in [6.07, 6.45) is 2.21. The first kappa shape index (κ1) is 18.6. The van der Waals surface area contributed by atoms with E-state index in [1.807, 2.05) is 36.4 Å². The maximum Gasteiger partial charge on any atom is 0.0629 e. The lowest BCUT2D eigenvalue weighted by molar-refractivity contribution is 0.660. The Morgan fingerprint density at radius 3 is 1.83 bits per heavy atom. The largest absolute Gasteiger partial charge is 0.0629 e. The second-order valence-electron chi connectivity index (χ2n) is 12.0. The Morgan fingerprint density at radius 2 is 1.15 bits per heavy atom. The average molecular weight is 528 g/mol. The van der Waals surface area contributed by atoms with Gasteiger partial charge in [0, 0.05) is 5.41 Å². The van der Waals surface area contributed by atoms with E-state index in [1.165, 1.54) is 44.2 Å². The highest BCUT2D eigenvalue weighted by atomic mass is 14.4. The molecular formula is C41H30. The van der Waals surface area contributed by atoms with Crippen LogP contribution in [0.15, 0.2) is 121 Å². The van der Waals surface area contributed by atoms with Gasteiger partial charge in [0.15, 0.2) is 0 Å². The van der Waals surface area contributed by atoms with Gasteiger partial charge in [-0.05, 0) is 107 Å².